The Morgan fingerprint density at radius 3 is 2.54 bits per heavy atom. The maximum Gasteiger partial charge on any atom is 0.320 e. The molecule has 0 radical (unpaired) electrons. The molecule has 152 valence electrons. The first-order valence-corrected chi connectivity index (χ1v) is 8.80. The zero-order valence-corrected chi connectivity index (χ0v) is 16.8. The summed E-state index contributed by atoms with van der Waals surface area (Å²) in [4.78, 5) is 23.2. The van der Waals surface area contributed by atoms with Gasteiger partial charge in [0.1, 0.15) is 5.82 Å². The van der Waals surface area contributed by atoms with Crippen LogP contribution < -0.4 is 25.8 Å². The van der Waals surface area contributed by atoms with Crippen LogP contribution in [0, 0.1) is 6.92 Å². The number of nitrogens with one attached hydrogen (secondary N) is 2. The second kappa shape index (κ2) is 8.64. The van der Waals surface area contributed by atoms with Gasteiger partial charge < -0.3 is 20.5 Å². The van der Waals surface area contributed by atoms with E-state index >= 15 is 0 Å². The second-order valence-electron chi connectivity index (χ2n) is 7.30. The Morgan fingerprint density at radius 2 is 1.93 bits per heavy atom. The highest BCUT2D eigenvalue weighted by molar-refractivity contribution is 5.88. The molecular weight excluding hydrogens is 362 g/mol. The Morgan fingerprint density at radius 1 is 1.21 bits per heavy atom. The summed E-state index contributed by atoms with van der Waals surface area (Å²) in [6, 6.07) is 6.62. The summed E-state index contributed by atoms with van der Waals surface area (Å²) < 4.78 is 12.3. The van der Waals surface area contributed by atoms with Gasteiger partial charge in [0.25, 0.3) is 5.91 Å². The summed E-state index contributed by atoms with van der Waals surface area (Å²) in [6.07, 6.45) is 0. The SMILES string of the molecule is COc1cc(CNC(=O)Nc2cc(C)nn2C(C)(C)C)ccc1OCC(N)=O. The van der Waals surface area contributed by atoms with E-state index < -0.39 is 5.91 Å². The third kappa shape index (κ3) is 5.63. The Bertz CT molecular complexity index is 854. The number of rotatable bonds is 7. The normalized spacial score (nSPS) is 11.0. The smallest absolute Gasteiger partial charge is 0.320 e. The lowest BCUT2D eigenvalue weighted by Crippen LogP contribution is -2.32. The van der Waals surface area contributed by atoms with Crippen LogP contribution in [0.15, 0.2) is 24.3 Å². The van der Waals surface area contributed by atoms with Crippen LogP contribution in [0.1, 0.15) is 32.0 Å². The lowest BCUT2D eigenvalue weighted by molar-refractivity contribution is -0.119. The van der Waals surface area contributed by atoms with Crippen molar-refractivity contribution in [1.82, 2.24) is 15.1 Å². The van der Waals surface area contributed by atoms with Crippen molar-refractivity contribution >= 4 is 17.8 Å². The number of primary amides is 1. The number of nitrogens with two attached hydrogens (primary N) is 1. The van der Waals surface area contributed by atoms with Crippen molar-refractivity contribution in [2.45, 2.75) is 39.8 Å². The third-order valence-corrected chi connectivity index (χ3v) is 3.76. The van der Waals surface area contributed by atoms with Gasteiger partial charge in [-0.3, -0.25) is 10.1 Å². The number of anilines is 1. The number of aromatic nitrogens is 2. The fourth-order valence-electron chi connectivity index (χ4n) is 2.53. The zero-order chi connectivity index (χ0) is 20.9. The van der Waals surface area contributed by atoms with Crippen molar-refractivity contribution in [2.24, 2.45) is 5.73 Å². The Balaban J connectivity index is 2.00. The number of nitrogens with zero attached hydrogens (tertiary/aromatic N) is 2. The summed E-state index contributed by atoms with van der Waals surface area (Å²) in [5.74, 6) is 0.894. The summed E-state index contributed by atoms with van der Waals surface area (Å²) in [7, 11) is 1.49. The lowest BCUT2D eigenvalue weighted by atomic mass is 10.1. The number of carbonyl (C=O) groups is 2. The number of benzene rings is 1. The number of hydrogen-bond acceptors (Lipinski definition) is 5. The molecule has 4 N–H and O–H groups in total. The molecule has 3 amide bonds. The van der Waals surface area contributed by atoms with E-state index in [1.807, 2.05) is 33.8 Å². The van der Waals surface area contributed by atoms with E-state index in [0.29, 0.717) is 17.3 Å². The number of hydrogen-bond donors (Lipinski definition) is 3. The van der Waals surface area contributed by atoms with Gasteiger partial charge in [0, 0.05) is 12.6 Å². The predicted octanol–water partition coefficient (Wildman–Crippen LogP) is 2.14. The van der Waals surface area contributed by atoms with Crippen molar-refractivity contribution in [2.75, 3.05) is 19.0 Å². The molecule has 0 aliphatic rings. The van der Waals surface area contributed by atoms with Gasteiger partial charge in [-0.05, 0) is 45.4 Å². The molecule has 9 nitrogen and oxygen atoms in total. The molecule has 28 heavy (non-hydrogen) atoms. The maximum absolute atomic E-state index is 12.3. The molecule has 1 aromatic carbocycles. The van der Waals surface area contributed by atoms with Crippen molar-refractivity contribution < 1.29 is 19.1 Å². The van der Waals surface area contributed by atoms with E-state index in [4.69, 9.17) is 15.2 Å². The quantitative estimate of drug-likeness (QED) is 0.670. The zero-order valence-electron chi connectivity index (χ0n) is 16.8. The fraction of sp³-hybridized carbons (Fsp3) is 0.421. The molecule has 2 rings (SSSR count). The van der Waals surface area contributed by atoms with Crippen molar-refractivity contribution in [3.05, 3.63) is 35.5 Å². The van der Waals surface area contributed by atoms with Crippen LogP contribution in [0.4, 0.5) is 10.6 Å². The molecule has 0 aliphatic heterocycles. The standard InChI is InChI=1S/C19H27N5O4/c1-12-8-17(24(23-12)19(2,3)4)22-18(26)21-10-13-6-7-14(15(9-13)27-5)28-11-16(20)25/h6-9H,10-11H2,1-5H3,(H2,20,25)(H2,21,22,26). The molecule has 0 aliphatic carbocycles. The molecule has 0 saturated heterocycles. The molecule has 0 saturated carbocycles. The van der Waals surface area contributed by atoms with Crippen LogP contribution in [0.5, 0.6) is 11.5 Å². The first-order valence-electron chi connectivity index (χ1n) is 8.80. The predicted molar refractivity (Wildman–Crippen MR) is 106 cm³/mol. The third-order valence-electron chi connectivity index (χ3n) is 3.76. The van der Waals surface area contributed by atoms with Gasteiger partial charge in [-0.1, -0.05) is 6.07 Å². The molecular formula is C19H27N5O4. The lowest BCUT2D eigenvalue weighted by Gasteiger charge is -2.22. The van der Waals surface area contributed by atoms with E-state index in [-0.39, 0.29) is 24.7 Å². The van der Waals surface area contributed by atoms with Gasteiger partial charge in [-0.2, -0.15) is 5.10 Å². The monoisotopic (exact) mass is 389 g/mol. The summed E-state index contributed by atoms with van der Waals surface area (Å²) in [5.41, 5.74) is 6.45. The molecule has 0 bridgehead atoms. The van der Waals surface area contributed by atoms with Gasteiger partial charge in [0.2, 0.25) is 0 Å². The van der Waals surface area contributed by atoms with Crippen LogP contribution in [-0.2, 0) is 16.9 Å². The van der Waals surface area contributed by atoms with E-state index in [0.717, 1.165) is 11.3 Å². The molecule has 0 fully saturated rings. The van der Waals surface area contributed by atoms with E-state index in [1.54, 1.807) is 22.9 Å². The van der Waals surface area contributed by atoms with Crippen LogP contribution >= 0.6 is 0 Å². The summed E-state index contributed by atoms with van der Waals surface area (Å²) in [5, 5.41) is 10.0. The van der Waals surface area contributed by atoms with E-state index in [1.165, 1.54) is 7.11 Å². The van der Waals surface area contributed by atoms with Crippen molar-refractivity contribution in [3.63, 3.8) is 0 Å². The van der Waals surface area contributed by atoms with Gasteiger partial charge in [0.05, 0.1) is 18.3 Å². The van der Waals surface area contributed by atoms with Crippen LogP contribution in [-0.4, -0.2) is 35.4 Å². The fourth-order valence-corrected chi connectivity index (χ4v) is 2.53. The number of amides is 3. The first-order chi connectivity index (χ1) is 13.1. The minimum absolute atomic E-state index is 0.239. The number of ether oxygens (including phenoxy) is 2. The molecule has 9 heteroatoms. The number of methoxy groups -OCH3 is 1. The van der Waals surface area contributed by atoms with Crippen LogP contribution in [0.3, 0.4) is 0 Å². The highest BCUT2D eigenvalue weighted by Gasteiger charge is 2.20. The van der Waals surface area contributed by atoms with Crippen molar-refractivity contribution in [1.29, 1.82) is 0 Å². The average molecular weight is 389 g/mol. The summed E-state index contributed by atoms with van der Waals surface area (Å²) >= 11 is 0. The van der Waals surface area contributed by atoms with Crippen LogP contribution in [0.2, 0.25) is 0 Å². The Kier molecular flexibility index (Phi) is 6.50. The van der Waals surface area contributed by atoms with Crippen molar-refractivity contribution in [3.8, 4) is 11.5 Å². The molecule has 1 aromatic heterocycles. The topological polar surface area (TPSA) is 120 Å². The molecule has 1 heterocycles. The number of carbonyl (C=O) groups excluding carboxylic acids is 2. The van der Waals surface area contributed by atoms with Crippen LogP contribution in [0.25, 0.3) is 0 Å². The first kappa shape index (κ1) is 21.1. The highest BCUT2D eigenvalue weighted by atomic mass is 16.5. The molecule has 0 atom stereocenters. The van der Waals surface area contributed by atoms with Gasteiger partial charge in [-0.25, -0.2) is 9.48 Å². The average Bonchev–Trinajstić information content (AvgIpc) is 2.98. The number of urea groups is 1. The van der Waals surface area contributed by atoms with E-state index in [9.17, 15) is 9.59 Å². The minimum atomic E-state index is -0.575. The molecule has 0 spiro atoms. The Labute approximate surface area is 164 Å². The maximum atomic E-state index is 12.3. The van der Waals surface area contributed by atoms with Gasteiger partial charge in [-0.15, -0.1) is 0 Å². The highest BCUT2D eigenvalue weighted by Crippen LogP contribution is 2.28. The largest absolute Gasteiger partial charge is 0.493 e. The van der Waals surface area contributed by atoms with Gasteiger partial charge in [0.15, 0.2) is 18.1 Å². The second-order valence-corrected chi connectivity index (χ2v) is 7.30. The molecule has 2 aromatic rings. The van der Waals surface area contributed by atoms with Gasteiger partial charge >= 0.3 is 6.03 Å². The summed E-state index contributed by atoms with van der Waals surface area (Å²) in [6.45, 7) is 7.95. The number of aryl methyl sites for hydroxylation is 1. The minimum Gasteiger partial charge on any atom is -0.493 e. The van der Waals surface area contributed by atoms with E-state index in [2.05, 4.69) is 15.7 Å². The molecule has 0 unspecified atom stereocenters. The Hall–Kier alpha value is -3.23.